The minimum atomic E-state index is 0.414. The molecule has 0 saturated heterocycles. The van der Waals surface area contributed by atoms with Crippen LogP contribution < -0.4 is 0 Å². The normalized spacial score (nSPS) is 14.7. The first kappa shape index (κ1) is 17.9. The molecule has 0 aliphatic carbocycles. The van der Waals surface area contributed by atoms with Crippen LogP contribution in [0.3, 0.4) is 0 Å². The Morgan fingerprint density at radius 2 is 1.50 bits per heavy atom. The van der Waals surface area contributed by atoms with E-state index in [4.69, 9.17) is 9.47 Å². The molecule has 18 heavy (non-hydrogen) atoms. The van der Waals surface area contributed by atoms with Crippen molar-refractivity contribution >= 4 is 0 Å². The van der Waals surface area contributed by atoms with E-state index in [9.17, 15) is 0 Å². The average molecular weight is 258 g/mol. The molecule has 0 saturated carbocycles. The van der Waals surface area contributed by atoms with E-state index in [0.29, 0.717) is 12.2 Å². The van der Waals surface area contributed by atoms with E-state index >= 15 is 0 Å². The maximum atomic E-state index is 5.93. The molecule has 2 nitrogen and oxygen atoms in total. The summed E-state index contributed by atoms with van der Waals surface area (Å²) in [7, 11) is 0. The Hall–Kier alpha value is -0.0800. The summed E-state index contributed by atoms with van der Waals surface area (Å²) in [5, 5.41) is 0. The van der Waals surface area contributed by atoms with Gasteiger partial charge in [0.25, 0.3) is 0 Å². The number of unbranched alkanes of at least 4 members (excludes halogenated alkanes) is 2. The molecular formula is C16H34O2. The Labute approximate surface area is 114 Å². The van der Waals surface area contributed by atoms with E-state index in [1.807, 2.05) is 0 Å². The monoisotopic (exact) mass is 258 g/mol. The molecule has 0 aliphatic rings. The lowest BCUT2D eigenvalue weighted by Gasteiger charge is -2.17. The van der Waals surface area contributed by atoms with Crippen molar-refractivity contribution in [2.24, 2.45) is 0 Å². The van der Waals surface area contributed by atoms with Crippen LogP contribution in [0.2, 0.25) is 0 Å². The van der Waals surface area contributed by atoms with Gasteiger partial charge in [-0.1, -0.05) is 33.6 Å². The van der Waals surface area contributed by atoms with E-state index < -0.39 is 0 Å². The van der Waals surface area contributed by atoms with Crippen molar-refractivity contribution in [3.05, 3.63) is 0 Å². The van der Waals surface area contributed by atoms with Crippen LogP contribution in [0.4, 0.5) is 0 Å². The summed E-state index contributed by atoms with van der Waals surface area (Å²) < 4.78 is 11.6. The fraction of sp³-hybridized carbons (Fsp3) is 1.00. The highest BCUT2D eigenvalue weighted by Crippen LogP contribution is 2.12. The molecule has 0 heterocycles. The van der Waals surface area contributed by atoms with E-state index in [0.717, 1.165) is 19.6 Å². The number of ether oxygens (including phenoxy) is 2. The maximum absolute atomic E-state index is 5.93. The van der Waals surface area contributed by atoms with Crippen molar-refractivity contribution in [2.75, 3.05) is 13.2 Å². The van der Waals surface area contributed by atoms with Gasteiger partial charge in [0.05, 0.1) is 12.2 Å². The third-order valence-corrected chi connectivity index (χ3v) is 3.36. The van der Waals surface area contributed by atoms with E-state index in [-0.39, 0.29) is 0 Å². The molecule has 2 atom stereocenters. The maximum Gasteiger partial charge on any atom is 0.0575 e. The van der Waals surface area contributed by atoms with Gasteiger partial charge in [-0.15, -0.1) is 0 Å². The van der Waals surface area contributed by atoms with Crippen LogP contribution in [0.25, 0.3) is 0 Å². The highest BCUT2D eigenvalue weighted by Gasteiger charge is 2.07. The van der Waals surface area contributed by atoms with Crippen LogP contribution in [0.1, 0.15) is 79.1 Å². The molecule has 0 radical (unpaired) electrons. The molecule has 110 valence electrons. The second-order valence-corrected chi connectivity index (χ2v) is 5.22. The zero-order chi connectivity index (χ0) is 13.6. The van der Waals surface area contributed by atoms with E-state index in [1.54, 1.807) is 0 Å². The quantitative estimate of drug-likeness (QED) is 0.435. The van der Waals surface area contributed by atoms with Gasteiger partial charge < -0.3 is 9.47 Å². The molecule has 0 amide bonds. The third kappa shape index (κ3) is 11.0. The molecule has 0 aromatic heterocycles. The van der Waals surface area contributed by atoms with Crippen LogP contribution in [0.5, 0.6) is 0 Å². The SMILES string of the molecule is CCCCOC(CCC)CCCCOC(C)CC. The summed E-state index contributed by atoms with van der Waals surface area (Å²) in [4.78, 5) is 0. The molecule has 0 aromatic rings. The van der Waals surface area contributed by atoms with Crippen molar-refractivity contribution in [3.63, 3.8) is 0 Å². The predicted octanol–water partition coefficient (Wildman–Crippen LogP) is 4.96. The summed E-state index contributed by atoms with van der Waals surface area (Å²) in [6, 6.07) is 0. The Morgan fingerprint density at radius 3 is 2.11 bits per heavy atom. The fourth-order valence-corrected chi connectivity index (χ4v) is 1.90. The Balaban J connectivity index is 3.50. The molecule has 2 unspecified atom stereocenters. The standard InChI is InChI=1S/C16H34O2/c1-5-8-13-18-16(11-6-2)12-9-10-14-17-15(4)7-3/h15-16H,5-14H2,1-4H3. The van der Waals surface area contributed by atoms with Gasteiger partial charge in [0, 0.05) is 13.2 Å². The van der Waals surface area contributed by atoms with Gasteiger partial charge in [-0.3, -0.25) is 0 Å². The summed E-state index contributed by atoms with van der Waals surface area (Å²) in [5.74, 6) is 0. The summed E-state index contributed by atoms with van der Waals surface area (Å²) in [6.07, 6.45) is 10.4. The average Bonchev–Trinajstić information content (AvgIpc) is 2.38. The zero-order valence-electron chi connectivity index (χ0n) is 13.0. The first-order valence-electron chi connectivity index (χ1n) is 7.97. The van der Waals surface area contributed by atoms with E-state index in [2.05, 4.69) is 27.7 Å². The second kappa shape index (κ2) is 13.4. The lowest BCUT2D eigenvalue weighted by atomic mass is 10.1. The smallest absolute Gasteiger partial charge is 0.0575 e. The molecule has 0 aromatic carbocycles. The summed E-state index contributed by atoms with van der Waals surface area (Å²) >= 11 is 0. The second-order valence-electron chi connectivity index (χ2n) is 5.22. The topological polar surface area (TPSA) is 18.5 Å². The largest absolute Gasteiger partial charge is 0.379 e. The van der Waals surface area contributed by atoms with Crippen LogP contribution in [-0.4, -0.2) is 25.4 Å². The lowest BCUT2D eigenvalue weighted by molar-refractivity contribution is 0.0312. The van der Waals surface area contributed by atoms with Crippen LogP contribution >= 0.6 is 0 Å². The summed E-state index contributed by atoms with van der Waals surface area (Å²) in [6.45, 7) is 10.6. The van der Waals surface area contributed by atoms with Crippen LogP contribution in [0.15, 0.2) is 0 Å². The van der Waals surface area contributed by atoms with Gasteiger partial charge in [0.1, 0.15) is 0 Å². The zero-order valence-corrected chi connectivity index (χ0v) is 13.0. The van der Waals surface area contributed by atoms with Gasteiger partial charge in [-0.05, 0) is 45.4 Å². The Bertz CT molecular complexity index is 159. The van der Waals surface area contributed by atoms with Crippen molar-refractivity contribution in [3.8, 4) is 0 Å². The first-order valence-corrected chi connectivity index (χ1v) is 7.97. The minimum Gasteiger partial charge on any atom is -0.379 e. The molecule has 2 heteroatoms. The van der Waals surface area contributed by atoms with Crippen LogP contribution in [0, 0.1) is 0 Å². The molecule has 0 rings (SSSR count). The number of hydrogen-bond donors (Lipinski definition) is 0. The minimum absolute atomic E-state index is 0.414. The first-order chi connectivity index (χ1) is 8.74. The van der Waals surface area contributed by atoms with Crippen molar-refractivity contribution in [2.45, 2.75) is 91.3 Å². The number of rotatable bonds is 13. The summed E-state index contributed by atoms with van der Waals surface area (Å²) in [5.41, 5.74) is 0. The molecule has 0 aliphatic heterocycles. The molecule has 0 fully saturated rings. The van der Waals surface area contributed by atoms with Gasteiger partial charge >= 0.3 is 0 Å². The Kier molecular flexibility index (Phi) is 13.3. The lowest BCUT2D eigenvalue weighted by Crippen LogP contribution is -2.14. The van der Waals surface area contributed by atoms with Gasteiger partial charge in [0.15, 0.2) is 0 Å². The molecular weight excluding hydrogens is 224 g/mol. The Morgan fingerprint density at radius 1 is 0.778 bits per heavy atom. The highest BCUT2D eigenvalue weighted by atomic mass is 16.5. The molecule has 0 spiro atoms. The van der Waals surface area contributed by atoms with Gasteiger partial charge in [0.2, 0.25) is 0 Å². The third-order valence-electron chi connectivity index (χ3n) is 3.36. The molecule has 0 bridgehead atoms. The van der Waals surface area contributed by atoms with Crippen molar-refractivity contribution < 1.29 is 9.47 Å². The number of hydrogen-bond acceptors (Lipinski definition) is 2. The molecule has 0 N–H and O–H groups in total. The fourth-order valence-electron chi connectivity index (χ4n) is 1.90. The van der Waals surface area contributed by atoms with E-state index in [1.165, 1.54) is 44.9 Å². The van der Waals surface area contributed by atoms with Crippen molar-refractivity contribution in [1.82, 2.24) is 0 Å². The predicted molar refractivity (Wildman–Crippen MR) is 79.1 cm³/mol. The van der Waals surface area contributed by atoms with Gasteiger partial charge in [-0.25, -0.2) is 0 Å². The van der Waals surface area contributed by atoms with Gasteiger partial charge in [-0.2, -0.15) is 0 Å². The highest BCUT2D eigenvalue weighted by molar-refractivity contribution is 4.58. The van der Waals surface area contributed by atoms with Crippen molar-refractivity contribution in [1.29, 1.82) is 0 Å². The van der Waals surface area contributed by atoms with Crippen LogP contribution in [-0.2, 0) is 9.47 Å².